The Balaban J connectivity index is 1.54. The average Bonchev–Trinajstić information content (AvgIpc) is 3.05. The number of rotatable bonds is 6. The van der Waals surface area contributed by atoms with E-state index in [9.17, 15) is 4.79 Å². The highest BCUT2D eigenvalue weighted by Gasteiger charge is 2.13. The number of likely N-dealkylation sites (N-methyl/N-ethyl adjacent to an activating group) is 1. The molecular weight excluding hydrogens is 398 g/mol. The molecule has 134 valence electrons. The van der Waals surface area contributed by atoms with E-state index >= 15 is 0 Å². The molecule has 0 aliphatic rings. The Morgan fingerprint density at radius 1 is 1.19 bits per heavy atom. The average molecular weight is 416 g/mol. The molecule has 3 aromatic rings. The van der Waals surface area contributed by atoms with Crippen molar-refractivity contribution in [3.05, 3.63) is 58.5 Å². The number of carbonyl (C=O) groups excluding carboxylic acids is 1. The Kier molecular flexibility index (Phi) is 5.75. The normalized spacial score (nSPS) is 10.9. The summed E-state index contributed by atoms with van der Waals surface area (Å²) in [6, 6.07) is 11.4. The third kappa shape index (κ3) is 4.96. The van der Waals surface area contributed by atoms with Crippen molar-refractivity contribution >= 4 is 27.7 Å². The van der Waals surface area contributed by atoms with Crippen LogP contribution in [0.5, 0.6) is 0 Å². The molecule has 1 N–H and O–H groups in total. The first-order valence-corrected chi connectivity index (χ1v) is 8.78. The van der Waals surface area contributed by atoms with Gasteiger partial charge in [0.25, 0.3) is 0 Å². The number of halogens is 1. The van der Waals surface area contributed by atoms with Gasteiger partial charge in [-0.1, -0.05) is 17.7 Å². The van der Waals surface area contributed by atoms with Gasteiger partial charge in [0.1, 0.15) is 5.82 Å². The number of aromatic nitrogens is 3. The molecule has 0 saturated heterocycles. The van der Waals surface area contributed by atoms with Crippen LogP contribution in [0.2, 0.25) is 0 Å². The van der Waals surface area contributed by atoms with Gasteiger partial charge in [-0.05, 0) is 54.2 Å². The lowest BCUT2D eigenvalue weighted by Gasteiger charge is -2.13. The number of hydrogen-bond acceptors (Lipinski definition) is 6. The van der Waals surface area contributed by atoms with Crippen molar-refractivity contribution in [1.29, 1.82) is 0 Å². The van der Waals surface area contributed by atoms with E-state index in [1.54, 1.807) is 17.2 Å². The number of nitrogens with zero attached hydrogens (tertiary/aromatic N) is 4. The second-order valence-corrected chi connectivity index (χ2v) is 6.86. The quantitative estimate of drug-likeness (QED) is 0.664. The smallest absolute Gasteiger partial charge is 0.247 e. The molecule has 2 heterocycles. The lowest BCUT2D eigenvalue weighted by atomic mass is 10.1. The van der Waals surface area contributed by atoms with Gasteiger partial charge in [-0.3, -0.25) is 9.69 Å². The summed E-state index contributed by atoms with van der Waals surface area (Å²) >= 11 is 3.30. The summed E-state index contributed by atoms with van der Waals surface area (Å²) in [5.74, 6) is 1.26. The van der Waals surface area contributed by atoms with Crippen molar-refractivity contribution in [2.75, 3.05) is 18.9 Å². The van der Waals surface area contributed by atoms with Crippen molar-refractivity contribution in [1.82, 2.24) is 20.1 Å². The number of amides is 1. The van der Waals surface area contributed by atoms with Gasteiger partial charge >= 0.3 is 0 Å². The largest absolute Gasteiger partial charge is 0.419 e. The Bertz CT molecular complexity index is 877. The van der Waals surface area contributed by atoms with Gasteiger partial charge in [0.05, 0.1) is 13.1 Å². The monoisotopic (exact) mass is 415 g/mol. The predicted molar refractivity (Wildman–Crippen MR) is 101 cm³/mol. The Hall–Kier alpha value is -2.58. The molecule has 7 nitrogen and oxygen atoms in total. The van der Waals surface area contributed by atoms with E-state index in [1.165, 1.54) is 5.56 Å². The minimum Gasteiger partial charge on any atom is -0.419 e. The van der Waals surface area contributed by atoms with Crippen LogP contribution < -0.4 is 5.32 Å². The highest BCUT2D eigenvalue weighted by atomic mass is 79.9. The maximum atomic E-state index is 12.1. The van der Waals surface area contributed by atoms with Crippen LogP contribution in [0, 0.1) is 6.92 Å². The van der Waals surface area contributed by atoms with Gasteiger partial charge in [0, 0.05) is 16.2 Å². The summed E-state index contributed by atoms with van der Waals surface area (Å²) in [6.45, 7) is 2.58. The van der Waals surface area contributed by atoms with E-state index in [1.807, 2.05) is 44.3 Å². The molecule has 0 bridgehead atoms. The number of aryl methyl sites for hydroxylation is 1. The fourth-order valence-corrected chi connectivity index (χ4v) is 2.53. The van der Waals surface area contributed by atoms with Crippen molar-refractivity contribution < 1.29 is 9.21 Å². The van der Waals surface area contributed by atoms with Crippen molar-refractivity contribution in [3.63, 3.8) is 0 Å². The Labute approximate surface area is 159 Å². The molecule has 0 unspecified atom stereocenters. The zero-order valence-corrected chi connectivity index (χ0v) is 16.0. The second-order valence-electron chi connectivity index (χ2n) is 5.95. The van der Waals surface area contributed by atoms with Gasteiger partial charge in [-0.15, -0.1) is 10.2 Å². The molecule has 26 heavy (non-hydrogen) atoms. The van der Waals surface area contributed by atoms with Crippen molar-refractivity contribution in [3.8, 4) is 11.5 Å². The number of anilines is 1. The number of benzene rings is 1. The molecule has 0 spiro atoms. The van der Waals surface area contributed by atoms with E-state index in [4.69, 9.17) is 4.42 Å². The van der Waals surface area contributed by atoms with Crippen LogP contribution in [0.3, 0.4) is 0 Å². The lowest BCUT2D eigenvalue weighted by molar-refractivity contribution is -0.117. The first-order chi connectivity index (χ1) is 12.5. The number of hydrogen-bond donors (Lipinski definition) is 1. The van der Waals surface area contributed by atoms with E-state index in [-0.39, 0.29) is 12.5 Å². The minimum atomic E-state index is -0.166. The molecule has 0 fully saturated rings. The summed E-state index contributed by atoms with van der Waals surface area (Å²) in [7, 11) is 1.81. The van der Waals surface area contributed by atoms with Gasteiger partial charge in [0.2, 0.25) is 17.7 Å². The van der Waals surface area contributed by atoms with E-state index in [2.05, 4.69) is 36.4 Å². The van der Waals surface area contributed by atoms with Gasteiger partial charge < -0.3 is 9.73 Å². The van der Waals surface area contributed by atoms with Crippen LogP contribution in [0.15, 0.2) is 51.5 Å². The molecule has 1 amide bonds. The molecule has 0 atom stereocenters. The molecular formula is C18H18BrN5O2. The van der Waals surface area contributed by atoms with Crippen LogP contribution in [0.1, 0.15) is 11.5 Å². The van der Waals surface area contributed by atoms with Crippen LogP contribution in [0.25, 0.3) is 11.5 Å². The fraction of sp³-hybridized carbons (Fsp3) is 0.222. The summed E-state index contributed by atoms with van der Waals surface area (Å²) < 4.78 is 6.54. The third-order valence-electron chi connectivity index (χ3n) is 3.58. The summed E-state index contributed by atoms with van der Waals surface area (Å²) in [6.07, 6.45) is 1.63. The maximum absolute atomic E-state index is 12.1. The molecule has 0 aliphatic heterocycles. The minimum absolute atomic E-state index is 0.166. The molecule has 3 rings (SSSR count). The molecule has 0 radical (unpaired) electrons. The van der Waals surface area contributed by atoms with E-state index in [0.717, 1.165) is 10.0 Å². The van der Waals surface area contributed by atoms with Crippen LogP contribution in [-0.4, -0.2) is 39.6 Å². The molecule has 1 aromatic carbocycles. The summed E-state index contributed by atoms with van der Waals surface area (Å²) in [4.78, 5) is 18.0. The van der Waals surface area contributed by atoms with Crippen molar-refractivity contribution in [2.45, 2.75) is 13.5 Å². The van der Waals surface area contributed by atoms with Crippen molar-refractivity contribution in [2.24, 2.45) is 0 Å². The van der Waals surface area contributed by atoms with E-state index in [0.29, 0.717) is 24.1 Å². The molecule has 2 aromatic heterocycles. The highest BCUT2D eigenvalue weighted by Crippen LogP contribution is 2.18. The van der Waals surface area contributed by atoms with Crippen LogP contribution in [-0.2, 0) is 11.3 Å². The number of pyridine rings is 1. The zero-order valence-electron chi connectivity index (χ0n) is 14.4. The van der Waals surface area contributed by atoms with Gasteiger partial charge in [-0.25, -0.2) is 4.98 Å². The fourth-order valence-electron chi connectivity index (χ4n) is 2.29. The van der Waals surface area contributed by atoms with Crippen LogP contribution in [0.4, 0.5) is 5.82 Å². The van der Waals surface area contributed by atoms with Gasteiger partial charge in [-0.2, -0.15) is 0 Å². The first-order valence-electron chi connectivity index (χ1n) is 7.99. The lowest BCUT2D eigenvalue weighted by Crippen LogP contribution is -2.30. The SMILES string of the molecule is Cc1ccc(-c2nnc(CN(C)CC(=O)Nc3ccc(Br)cn3)o2)cc1. The predicted octanol–water partition coefficient (Wildman–Crippen LogP) is 3.27. The molecule has 8 heteroatoms. The number of carbonyl (C=O) groups is 1. The second kappa shape index (κ2) is 8.20. The number of nitrogens with one attached hydrogen (secondary N) is 1. The highest BCUT2D eigenvalue weighted by molar-refractivity contribution is 9.10. The topological polar surface area (TPSA) is 84.2 Å². The molecule has 0 aliphatic carbocycles. The van der Waals surface area contributed by atoms with Crippen LogP contribution >= 0.6 is 15.9 Å². The molecule has 0 saturated carbocycles. The standard InChI is InChI=1S/C18H18BrN5O2/c1-12-3-5-13(6-4-12)18-23-22-17(26-18)11-24(2)10-16(25)21-15-8-7-14(19)9-20-15/h3-9H,10-11H2,1-2H3,(H,20,21,25). The zero-order chi connectivity index (χ0) is 18.5. The Morgan fingerprint density at radius 3 is 2.65 bits per heavy atom. The third-order valence-corrected chi connectivity index (χ3v) is 4.05. The van der Waals surface area contributed by atoms with Gasteiger partial charge in [0.15, 0.2) is 0 Å². The van der Waals surface area contributed by atoms with E-state index < -0.39 is 0 Å². The summed E-state index contributed by atoms with van der Waals surface area (Å²) in [5.41, 5.74) is 2.04. The maximum Gasteiger partial charge on any atom is 0.247 e. The first kappa shape index (κ1) is 18.2. The summed E-state index contributed by atoms with van der Waals surface area (Å²) in [5, 5.41) is 10.9. The Morgan fingerprint density at radius 2 is 1.96 bits per heavy atom.